The molecule has 0 spiro atoms. The number of hydrogen-bond acceptors (Lipinski definition) is 6. The Hall–Kier alpha value is -1.67. The van der Waals surface area contributed by atoms with Crippen molar-refractivity contribution in [3.05, 3.63) is 28.3 Å². The third-order valence-corrected chi connectivity index (χ3v) is 2.98. The van der Waals surface area contributed by atoms with Gasteiger partial charge in [-0.3, -0.25) is 14.3 Å². The molecule has 0 bridgehead atoms. The van der Waals surface area contributed by atoms with Gasteiger partial charge in [0.15, 0.2) is 0 Å². The van der Waals surface area contributed by atoms with Crippen molar-refractivity contribution in [1.29, 1.82) is 0 Å². The van der Waals surface area contributed by atoms with Gasteiger partial charge in [-0.25, -0.2) is 0 Å². The van der Waals surface area contributed by atoms with Crippen LogP contribution in [-0.4, -0.2) is 20.5 Å². The molecule has 82 valence electrons. The van der Waals surface area contributed by atoms with Crippen LogP contribution < -0.4 is 5.73 Å². The molecule has 2 N–H and O–H groups in total. The van der Waals surface area contributed by atoms with Gasteiger partial charge in [-0.15, -0.1) is 0 Å². The summed E-state index contributed by atoms with van der Waals surface area (Å²) >= 11 is 0. The molecule has 0 aliphatic carbocycles. The predicted molar refractivity (Wildman–Crippen MR) is 51.7 cm³/mol. The molecule has 1 aromatic carbocycles. The normalized spacial score (nSPS) is 11.3. The molecule has 0 amide bonds. The summed E-state index contributed by atoms with van der Waals surface area (Å²) in [5, 5.41) is 10.5. The number of rotatable bonds is 3. The van der Waals surface area contributed by atoms with Crippen LogP contribution >= 0.6 is 0 Å². The summed E-state index contributed by atoms with van der Waals surface area (Å²) in [5.74, 6) is 0. The van der Waals surface area contributed by atoms with Gasteiger partial charge in [0.2, 0.25) is 0 Å². The van der Waals surface area contributed by atoms with Gasteiger partial charge in [0, 0.05) is 6.07 Å². The molecule has 15 heavy (non-hydrogen) atoms. The molecule has 0 radical (unpaired) electrons. The van der Waals surface area contributed by atoms with E-state index in [1.807, 2.05) is 0 Å². The van der Waals surface area contributed by atoms with E-state index < -0.39 is 20.7 Å². The average Bonchev–Trinajstić information content (AvgIpc) is 2.17. The van der Waals surface area contributed by atoms with Crippen LogP contribution in [0.4, 0.5) is 11.4 Å². The molecule has 0 atom stereocenters. The monoisotopic (exact) mass is 232 g/mol. The maximum absolute atomic E-state index is 11.2. The summed E-state index contributed by atoms with van der Waals surface area (Å²) < 4.78 is 26.6. The van der Waals surface area contributed by atoms with Crippen molar-refractivity contribution in [1.82, 2.24) is 0 Å². The highest BCUT2D eigenvalue weighted by atomic mass is 32.2. The first-order valence-corrected chi connectivity index (χ1v) is 5.14. The smallest absolute Gasteiger partial charge is 0.296 e. The molecule has 1 rings (SSSR count). The third kappa shape index (κ3) is 2.22. The van der Waals surface area contributed by atoms with Crippen molar-refractivity contribution >= 4 is 21.5 Å². The van der Waals surface area contributed by atoms with E-state index in [2.05, 4.69) is 4.18 Å². The molecular formula is C7H8N2O5S. The number of nitrogens with zero attached hydrogens (tertiary/aromatic N) is 1. The quantitative estimate of drug-likeness (QED) is 0.351. The minimum absolute atomic E-state index is 0.102. The lowest BCUT2D eigenvalue weighted by Crippen LogP contribution is -2.04. The molecule has 1 aromatic rings. The minimum atomic E-state index is -3.93. The van der Waals surface area contributed by atoms with Gasteiger partial charge in [0.05, 0.1) is 12.0 Å². The standard InChI is InChI=1S/C7H8N2O5S/c1-14-15(12,13)5-2-3-6(8)7(4-5)9(10)11/h2-4H,8H2,1H3. The molecule has 0 saturated heterocycles. The third-order valence-electron chi connectivity index (χ3n) is 1.71. The largest absolute Gasteiger partial charge is 0.393 e. The van der Waals surface area contributed by atoms with E-state index in [0.29, 0.717) is 0 Å². The summed E-state index contributed by atoms with van der Waals surface area (Å²) in [6, 6.07) is 3.14. The van der Waals surface area contributed by atoms with Crippen LogP contribution in [0.2, 0.25) is 0 Å². The summed E-state index contributed by atoms with van der Waals surface area (Å²) in [7, 11) is -2.96. The first-order chi connectivity index (χ1) is 6.88. The Balaban J connectivity index is 3.38. The highest BCUT2D eigenvalue weighted by molar-refractivity contribution is 7.86. The summed E-state index contributed by atoms with van der Waals surface area (Å²) in [6.07, 6.45) is 0. The Bertz CT molecular complexity index is 496. The molecule has 0 unspecified atom stereocenters. The zero-order chi connectivity index (χ0) is 11.6. The number of nitrogen functional groups attached to an aromatic ring is 1. The van der Waals surface area contributed by atoms with E-state index in [1.165, 1.54) is 0 Å². The lowest BCUT2D eigenvalue weighted by Gasteiger charge is -2.02. The Morgan fingerprint density at radius 3 is 2.53 bits per heavy atom. The molecule has 0 aliphatic heterocycles. The second kappa shape index (κ2) is 3.83. The highest BCUT2D eigenvalue weighted by Gasteiger charge is 2.19. The highest BCUT2D eigenvalue weighted by Crippen LogP contribution is 2.25. The van der Waals surface area contributed by atoms with Gasteiger partial charge in [0.25, 0.3) is 15.8 Å². The van der Waals surface area contributed by atoms with Crippen molar-refractivity contribution in [2.75, 3.05) is 12.8 Å². The molecule has 0 heterocycles. The van der Waals surface area contributed by atoms with Crippen molar-refractivity contribution in [2.24, 2.45) is 0 Å². The van der Waals surface area contributed by atoms with E-state index in [1.54, 1.807) is 0 Å². The van der Waals surface area contributed by atoms with Gasteiger partial charge in [-0.1, -0.05) is 0 Å². The van der Waals surface area contributed by atoms with Gasteiger partial charge >= 0.3 is 0 Å². The van der Waals surface area contributed by atoms with Crippen molar-refractivity contribution < 1.29 is 17.5 Å². The molecule has 0 fully saturated rings. The number of anilines is 1. The van der Waals surface area contributed by atoms with Gasteiger partial charge < -0.3 is 5.73 Å². The number of nitro benzene ring substituents is 1. The topological polar surface area (TPSA) is 113 Å². The van der Waals surface area contributed by atoms with Crippen LogP contribution in [0.5, 0.6) is 0 Å². The van der Waals surface area contributed by atoms with Gasteiger partial charge in [-0.2, -0.15) is 8.42 Å². The van der Waals surface area contributed by atoms with Crippen molar-refractivity contribution in [3.63, 3.8) is 0 Å². The Morgan fingerprint density at radius 2 is 2.07 bits per heavy atom. The van der Waals surface area contributed by atoms with Crippen LogP contribution in [0.25, 0.3) is 0 Å². The fourth-order valence-electron chi connectivity index (χ4n) is 0.933. The van der Waals surface area contributed by atoms with Crippen LogP contribution in [0, 0.1) is 10.1 Å². The fourth-order valence-corrected chi connectivity index (χ4v) is 1.62. The van der Waals surface area contributed by atoms with Gasteiger partial charge in [-0.05, 0) is 12.1 Å². The zero-order valence-electron chi connectivity index (χ0n) is 7.71. The second-order valence-corrected chi connectivity index (χ2v) is 4.31. The lowest BCUT2D eigenvalue weighted by atomic mass is 10.3. The van der Waals surface area contributed by atoms with E-state index in [0.717, 1.165) is 25.3 Å². The average molecular weight is 232 g/mol. The number of benzene rings is 1. The van der Waals surface area contributed by atoms with Crippen LogP contribution in [0.1, 0.15) is 0 Å². The van der Waals surface area contributed by atoms with Crippen LogP contribution in [0.3, 0.4) is 0 Å². The van der Waals surface area contributed by atoms with E-state index >= 15 is 0 Å². The van der Waals surface area contributed by atoms with E-state index in [4.69, 9.17) is 5.73 Å². The van der Waals surface area contributed by atoms with Crippen LogP contribution in [-0.2, 0) is 14.3 Å². The fraction of sp³-hybridized carbons (Fsp3) is 0.143. The zero-order valence-corrected chi connectivity index (χ0v) is 8.52. The summed E-state index contributed by atoms with van der Waals surface area (Å²) in [4.78, 5) is 9.42. The minimum Gasteiger partial charge on any atom is -0.393 e. The van der Waals surface area contributed by atoms with Gasteiger partial charge in [0.1, 0.15) is 10.6 Å². The molecular weight excluding hydrogens is 224 g/mol. The first kappa shape index (κ1) is 11.4. The first-order valence-electron chi connectivity index (χ1n) is 3.73. The predicted octanol–water partition coefficient (Wildman–Crippen LogP) is 0.512. The molecule has 7 nitrogen and oxygen atoms in total. The molecule has 8 heteroatoms. The molecule has 0 aromatic heterocycles. The lowest BCUT2D eigenvalue weighted by molar-refractivity contribution is -0.384. The summed E-state index contributed by atoms with van der Waals surface area (Å²) in [6.45, 7) is 0. The van der Waals surface area contributed by atoms with E-state index in [-0.39, 0.29) is 10.6 Å². The Morgan fingerprint density at radius 1 is 1.47 bits per heavy atom. The van der Waals surface area contributed by atoms with Crippen LogP contribution in [0.15, 0.2) is 23.1 Å². The molecule has 0 saturated carbocycles. The number of hydrogen-bond donors (Lipinski definition) is 1. The Labute approximate surface area is 85.7 Å². The summed E-state index contributed by atoms with van der Waals surface area (Å²) in [5.41, 5.74) is 4.73. The van der Waals surface area contributed by atoms with Crippen molar-refractivity contribution in [3.8, 4) is 0 Å². The molecule has 0 aliphatic rings. The maximum Gasteiger partial charge on any atom is 0.296 e. The SMILES string of the molecule is COS(=O)(=O)c1ccc(N)c([N+](=O)[O-])c1. The second-order valence-electron chi connectivity index (χ2n) is 2.60. The Kier molecular flexibility index (Phi) is 2.91. The van der Waals surface area contributed by atoms with E-state index in [9.17, 15) is 18.5 Å². The maximum atomic E-state index is 11.2. The number of nitro groups is 1. The van der Waals surface area contributed by atoms with Crippen molar-refractivity contribution in [2.45, 2.75) is 4.90 Å². The number of nitrogens with two attached hydrogens (primary N) is 1.